The Morgan fingerprint density at radius 2 is 2.17 bits per heavy atom. The average Bonchev–Trinajstić information content (AvgIpc) is 3.05. The van der Waals surface area contributed by atoms with E-state index in [2.05, 4.69) is 21.4 Å². The Kier molecular flexibility index (Phi) is 6.52. The molecule has 0 bridgehead atoms. The van der Waals surface area contributed by atoms with E-state index in [9.17, 15) is 4.79 Å². The summed E-state index contributed by atoms with van der Waals surface area (Å²) in [6, 6.07) is 0. The number of carbonyl (C=O) groups is 1. The number of ether oxygens (including phenoxy) is 1. The number of hydrogen-bond donors (Lipinski definition) is 0. The Bertz CT molecular complexity index is 527. The van der Waals surface area contributed by atoms with Crippen LogP contribution in [0.2, 0.25) is 0 Å². The number of aromatic nitrogens is 2. The first kappa shape index (κ1) is 17.4. The van der Waals surface area contributed by atoms with E-state index in [1.807, 2.05) is 6.08 Å². The largest absolute Gasteiger partial charge is 0.472 e. The Labute approximate surface area is 138 Å². The lowest BCUT2D eigenvalue weighted by atomic mass is 10.2. The molecule has 6 nitrogen and oxygen atoms in total. The molecule has 0 N–H and O–H groups in total. The van der Waals surface area contributed by atoms with E-state index in [-0.39, 0.29) is 12.0 Å². The topological polar surface area (TPSA) is 58.6 Å². The maximum absolute atomic E-state index is 12.0. The minimum atomic E-state index is -0.176. The highest BCUT2D eigenvalue weighted by Crippen LogP contribution is 2.15. The van der Waals surface area contributed by atoms with Gasteiger partial charge in [-0.1, -0.05) is 6.08 Å². The second kappa shape index (κ2) is 8.62. The van der Waals surface area contributed by atoms with Crippen LogP contribution in [0, 0.1) is 0 Å². The molecule has 0 radical (unpaired) electrons. The summed E-state index contributed by atoms with van der Waals surface area (Å²) in [5, 5.41) is 0. The Morgan fingerprint density at radius 3 is 2.83 bits per heavy atom. The highest BCUT2D eigenvalue weighted by molar-refractivity contribution is 5.91. The molecule has 1 atom stereocenters. The predicted octanol–water partition coefficient (Wildman–Crippen LogP) is 1.99. The highest BCUT2D eigenvalue weighted by atomic mass is 16.5. The van der Waals surface area contributed by atoms with Gasteiger partial charge >= 0.3 is 0 Å². The van der Waals surface area contributed by atoms with E-state index in [0.717, 1.165) is 32.5 Å². The van der Waals surface area contributed by atoms with Crippen molar-refractivity contribution in [2.24, 2.45) is 0 Å². The Morgan fingerprint density at radius 1 is 1.43 bits per heavy atom. The van der Waals surface area contributed by atoms with Crippen LogP contribution in [0.3, 0.4) is 0 Å². The molecule has 1 aromatic rings. The van der Waals surface area contributed by atoms with E-state index in [1.165, 1.54) is 23.9 Å². The number of allylic oxidation sites excluding steroid dienone is 1. The monoisotopic (exact) mass is 318 g/mol. The van der Waals surface area contributed by atoms with Crippen LogP contribution < -0.4 is 4.74 Å². The molecule has 6 heteroatoms. The van der Waals surface area contributed by atoms with Crippen LogP contribution in [-0.2, 0) is 0 Å². The van der Waals surface area contributed by atoms with E-state index in [4.69, 9.17) is 4.74 Å². The zero-order valence-corrected chi connectivity index (χ0v) is 14.1. The van der Waals surface area contributed by atoms with E-state index in [0.29, 0.717) is 11.6 Å². The summed E-state index contributed by atoms with van der Waals surface area (Å²) in [5.41, 5.74) is 0.302. The fourth-order valence-electron chi connectivity index (χ4n) is 2.65. The minimum Gasteiger partial charge on any atom is -0.472 e. The average molecular weight is 318 g/mol. The van der Waals surface area contributed by atoms with Gasteiger partial charge in [-0.15, -0.1) is 6.58 Å². The molecule has 0 aromatic carbocycles. The molecule has 1 aliphatic heterocycles. The zero-order chi connectivity index (χ0) is 16.7. The molecule has 0 aliphatic carbocycles. The second-order valence-electron chi connectivity index (χ2n) is 6.06. The molecular weight excluding hydrogens is 292 g/mol. The van der Waals surface area contributed by atoms with Gasteiger partial charge in [0.15, 0.2) is 5.69 Å². The summed E-state index contributed by atoms with van der Waals surface area (Å²) in [7, 11) is 3.38. The lowest BCUT2D eigenvalue weighted by Crippen LogP contribution is -2.34. The van der Waals surface area contributed by atoms with Crippen LogP contribution in [0.4, 0.5) is 0 Å². The van der Waals surface area contributed by atoms with Crippen molar-refractivity contribution >= 4 is 5.91 Å². The standard InChI is InChI=1S/C17H26N4O2/c1-4-5-8-14(13-21-9-6-7-10-21)23-16-12-18-11-15(19-16)17(22)20(2)3/h4,11-12,14H,1,5-10,13H2,2-3H3/t14-/m1/s1. The summed E-state index contributed by atoms with van der Waals surface area (Å²) < 4.78 is 6.02. The molecule has 1 aliphatic rings. The van der Waals surface area contributed by atoms with Crippen molar-refractivity contribution in [3.05, 3.63) is 30.7 Å². The third-order valence-corrected chi connectivity index (χ3v) is 3.88. The van der Waals surface area contributed by atoms with Gasteiger partial charge in [-0.05, 0) is 38.8 Å². The molecule has 1 aromatic heterocycles. The van der Waals surface area contributed by atoms with Crippen molar-refractivity contribution in [2.75, 3.05) is 33.7 Å². The summed E-state index contributed by atoms with van der Waals surface area (Å²) >= 11 is 0. The van der Waals surface area contributed by atoms with Crippen molar-refractivity contribution in [3.8, 4) is 5.88 Å². The quantitative estimate of drug-likeness (QED) is 0.686. The van der Waals surface area contributed by atoms with Gasteiger partial charge < -0.3 is 9.64 Å². The van der Waals surface area contributed by atoms with Crippen molar-refractivity contribution in [1.82, 2.24) is 19.8 Å². The van der Waals surface area contributed by atoms with E-state index in [1.54, 1.807) is 20.3 Å². The number of amides is 1. The lowest BCUT2D eigenvalue weighted by molar-refractivity contribution is 0.0817. The van der Waals surface area contributed by atoms with Crippen LogP contribution in [-0.4, -0.2) is 65.5 Å². The van der Waals surface area contributed by atoms with Gasteiger partial charge in [0.1, 0.15) is 6.10 Å². The molecule has 1 saturated heterocycles. The third kappa shape index (κ3) is 5.32. The maximum Gasteiger partial charge on any atom is 0.273 e. The second-order valence-corrected chi connectivity index (χ2v) is 6.06. The van der Waals surface area contributed by atoms with Crippen molar-refractivity contribution in [1.29, 1.82) is 0 Å². The van der Waals surface area contributed by atoms with Gasteiger partial charge in [0.2, 0.25) is 5.88 Å². The summed E-state index contributed by atoms with van der Waals surface area (Å²) in [6.45, 7) is 6.90. The lowest BCUT2D eigenvalue weighted by Gasteiger charge is -2.23. The molecule has 126 valence electrons. The van der Waals surface area contributed by atoms with E-state index >= 15 is 0 Å². The Hall–Kier alpha value is -1.95. The first-order valence-electron chi connectivity index (χ1n) is 8.13. The molecular formula is C17H26N4O2. The fraction of sp³-hybridized carbons (Fsp3) is 0.588. The number of carbonyl (C=O) groups excluding carboxylic acids is 1. The van der Waals surface area contributed by atoms with Crippen molar-refractivity contribution in [3.63, 3.8) is 0 Å². The van der Waals surface area contributed by atoms with Gasteiger partial charge in [-0.3, -0.25) is 14.7 Å². The van der Waals surface area contributed by atoms with Gasteiger partial charge in [0.25, 0.3) is 5.91 Å². The molecule has 0 saturated carbocycles. The SMILES string of the molecule is C=CCC[C@H](CN1CCCC1)Oc1cncc(C(=O)N(C)C)n1. The normalized spacial score (nSPS) is 16.1. The van der Waals surface area contributed by atoms with Gasteiger partial charge in [0.05, 0.1) is 12.4 Å². The van der Waals surface area contributed by atoms with Crippen molar-refractivity contribution < 1.29 is 9.53 Å². The van der Waals surface area contributed by atoms with Crippen LogP contribution in [0.15, 0.2) is 25.0 Å². The molecule has 0 unspecified atom stereocenters. The summed E-state index contributed by atoms with van der Waals surface area (Å²) in [6.07, 6.45) is 9.24. The minimum absolute atomic E-state index is 0.0325. The fourth-order valence-corrected chi connectivity index (χ4v) is 2.65. The summed E-state index contributed by atoms with van der Waals surface area (Å²) in [4.78, 5) is 24.3. The van der Waals surface area contributed by atoms with Crippen LogP contribution >= 0.6 is 0 Å². The van der Waals surface area contributed by atoms with Crippen molar-refractivity contribution in [2.45, 2.75) is 31.8 Å². The predicted molar refractivity (Wildman–Crippen MR) is 89.6 cm³/mol. The molecule has 1 amide bonds. The number of hydrogen-bond acceptors (Lipinski definition) is 5. The first-order chi connectivity index (χ1) is 11.1. The maximum atomic E-state index is 12.0. The zero-order valence-electron chi connectivity index (χ0n) is 14.1. The number of nitrogens with zero attached hydrogens (tertiary/aromatic N) is 4. The molecule has 1 fully saturated rings. The summed E-state index contributed by atoms with van der Waals surface area (Å²) in [5.74, 6) is 0.232. The molecule has 2 heterocycles. The number of likely N-dealkylation sites (tertiary alicyclic amines) is 1. The van der Waals surface area contributed by atoms with Gasteiger partial charge in [0, 0.05) is 20.6 Å². The van der Waals surface area contributed by atoms with E-state index < -0.39 is 0 Å². The molecule has 23 heavy (non-hydrogen) atoms. The van der Waals surface area contributed by atoms with Gasteiger partial charge in [-0.2, -0.15) is 0 Å². The molecule has 0 spiro atoms. The van der Waals surface area contributed by atoms with Gasteiger partial charge in [-0.25, -0.2) is 4.98 Å². The number of rotatable bonds is 8. The third-order valence-electron chi connectivity index (χ3n) is 3.88. The van der Waals surface area contributed by atoms with Crippen LogP contribution in [0.5, 0.6) is 5.88 Å². The highest BCUT2D eigenvalue weighted by Gasteiger charge is 2.20. The van der Waals surface area contributed by atoms with Crippen LogP contribution in [0.25, 0.3) is 0 Å². The smallest absolute Gasteiger partial charge is 0.273 e. The Balaban J connectivity index is 2.03. The first-order valence-corrected chi connectivity index (χ1v) is 8.13. The molecule has 2 rings (SSSR count). The van der Waals surface area contributed by atoms with Crippen LogP contribution in [0.1, 0.15) is 36.2 Å².